The molecule has 0 aromatic heterocycles. The fourth-order valence-corrected chi connectivity index (χ4v) is 2.04. The summed E-state index contributed by atoms with van der Waals surface area (Å²) in [6, 6.07) is 0. The van der Waals surface area contributed by atoms with Gasteiger partial charge in [-0.05, 0) is 39.0 Å². The number of hydrogen-bond acceptors (Lipinski definition) is 4. The molecule has 0 saturated heterocycles. The van der Waals surface area contributed by atoms with Crippen LogP contribution in [0.5, 0.6) is 0 Å². The third-order valence-corrected chi connectivity index (χ3v) is 3.21. The van der Waals surface area contributed by atoms with E-state index >= 15 is 0 Å². The third kappa shape index (κ3) is 12.7. The average molecular weight is 277 g/mol. The molecular weight excluding hydrogens is 246 g/mol. The van der Waals surface area contributed by atoms with Crippen LogP contribution < -0.4 is 0 Å². The average Bonchev–Trinajstić information content (AvgIpc) is 2.38. The third-order valence-electron chi connectivity index (χ3n) is 2.89. The van der Waals surface area contributed by atoms with Crippen LogP contribution in [-0.4, -0.2) is 56.7 Å². The van der Waals surface area contributed by atoms with Crippen molar-refractivity contribution in [3.63, 3.8) is 0 Å². The summed E-state index contributed by atoms with van der Waals surface area (Å²) in [5, 5.41) is 0. The Morgan fingerprint density at radius 1 is 0.778 bits per heavy atom. The lowest BCUT2D eigenvalue weighted by Crippen LogP contribution is -2.32. The van der Waals surface area contributed by atoms with Crippen LogP contribution in [0.15, 0.2) is 0 Å². The normalized spacial score (nSPS) is 11.3. The van der Waals surface area contributed by atoms with Crippen LogP contribution in [0.25, 0.3) is 0 Å². The van der Waals surface area contributed by atoms with Gasteiger partial charge in [0.1, 0.15) is 0 Å². The first-order valence-electron chi connectivity index (χ1n) is 7.33. The number of nitrogens with zero attached hydrogens (tertiary/aromatic N) is 1. The molecule has 0 aliphatic carbocycles. The Kier molecular flexibility index (Phi) is 15.5. The molecule has 0 aromatic carbocycles. The molecule has 0 heterocycles. The Morgan fingerprint density at radius 3 is 1.83 bits per heavy atom. The molecule has 4 heteroatoms. The van der Waals surface area contributed by atoms with Crippen molar-refractivity contribution in [3.8, 4) is 0 Å². The molecule has 0 aromatic rings. The predicted molar refractivity (Wildman–Crippen MR) is 81.7 cm³/mol. The van der Waals surface area contributed by atoms with Gasteiger partial charge >= 0.3 is 0 Å². The quantitative estimate of drug-likeness (QED) is 0.390. The van der Waals surface area contributed by atoms with Crippen LogP contribution in [0.3, 0.4) is 0 Å². The predicted octanol–water partition coefficient (Wildman–Crippen LogP) is 2.85. The smallest absolute Gasteiger partial charge is 0.0593 e. The largest absolute Gasteiger partial charge is 0.380 e. The van der Waals surface area contributed by atoms with Crippen LogP contribution in [0.2, 0.25) is 0 Å². The summed E-state index contributed by atoms with van der Waals surface area (Å²) in [7, 11) is 0. The Morgan fingerprint density at radius 2 is 1.33 bits per heavy atom. The van der Waals surface area contributed by atoms with E-state index in [2.05, 4.69) is 17.5 Å². The van der Waals surface area contributed by atoms with Gasteiger partial charge in [-0.1, -0.05) is 12.8 Å². The van der Waals surface area contributed by atoms with E-state index in [0.717, 1.165) is 51.8 Å². The van der Waals surface area contributed by atoms with Gasteiger partial charge in [0, 0.05) is 26.3 Å². The summed E-state index contributed by atoms with van der Waals surface area (Å²) in [4.78, 5) is 2.45. The van der Waals surface area contributed by atoms with Gasteiger partial charge in [-0.3, -0.25) is 4.90 Å². The Hall–Kier alpha value is 0.230. The SMILES string of the molecule is CCOCCN(CCCCCCS)CCOCC. The lowest BCUT2D eigenvalue weighted by molar-refractivity contribution is 0.0820. The van der Waals surface area contributed by atoms with E-state index in [1.54, 1.807) is 0 Å². The number of rotatable bonds is 14. The molecule has 0 rings (SSSR count). The van der Waals surface area contributed by atoms with E-state index in [0.29, 0.717) is 0 Å². The van der Waals surface area contributed by atoms with Gasteiger partial charge in [-0.2, -0.15) is 12.6 Å². The zero-order valence-electron chi connectivity index (χ0n) is 12.2. The first-order valence-corrected chi connectivity index (χ1v) is 7.97. The van der Waals surface area contributed by atoms with Crippen molar-refractivity contribution in [2.75, 3.05) is 51.8 Å². The van der Waals surface area contributed by atoms with Crippen LogP contribution in [0, 0.1) is 0 Å². The minimum absolute atomic E-state index is 0.807. The molecule has 0 aliphatic rings. The lowest BCUT2D eigenvalue weighted by Gasteiger charge is -2.22. The molecule has 0 atom stereocenters. The molecule has 3 nitrogen and oxygen atoms in total. The summed E-state index contributed by atoms with van der Waals surface area (Å²) in [6.07, 6.45) is 5.11. The molecule has 0 radical (unpaired) electrons. The summed E-state index contributed by atoms with van der Waals surface area (Å²) >= 11 is 4.23. The van der Waals surface area contributed by atoms with Crippen LogP contribution in [-0.2, 0) is 9.47 Å². The minimum Gasteiger partial charge on any atom is -0.380 e. The van der Waals surface area contributed by atoms with E-state index in [1.807, 2.05) is 13.8 Å². The van der Waals surface area contributed by atoms with Crippen molar-refractivity contribution < 1.29 is 9.47 Å². The lowest BCUT2D eigenvalue weighted by atomic mass is 10.2. The van der Waals surface area contributed by atoms with Crippen molar-refractivity contribution in [2.24, 2.45) is 0 Å². The first-order chi connectivity index (χ1) is 8.85. The van der Waals surface area contributed by atoms with Gasteiger partial charge in [0.25, 0.3) is 0 Å². The summed E-state index contributed by atoms with van der Waals surface area (Å²) in [6.45, 7) is 10.6. The fraction of sp³-hybridized carbons (Fsp3) is 1.00. The Balaban J connectivity index is 3.60. The molecule has 110 valence electrons. The molecule has 0 fully saturated rings. The molecule has 0 N–H and O–H groups in total. The maximum absolute atomic E-state index is 5.42. The topological polar surface area (TPSA) is 21.7 Å². The van der Waals surface area contributed by atoms with Gasteiger partial charge in [0.2, 0.25) is 0 Å². The number of thiol groups is 1. The molecule has 0 saturated carbocycles. The Bertz CT molecular complexity index is 149. The maximum Gasteiger partial charge on any atom is 0.0593 e. The monoisotopic (exact) mass is 277 g/mol. The van der Waals surface area contributed by atoms with Crippen molar-refractivity contribution in [3.05, 3.63) is 0 Å². The second-order valence-corrected chi connectivity index (χ2v) is 4.82. The second-order valence-electron chi connectivity index (χ2n) is 4.37. The number of ether oxygens (including phenoxy) is 2. The van der Waals surface area contributed by atoms with Crippen LogP contribution in [0.1, 0.15) is 39.5 Å². The zero-order valence-corrected chi connectivity index (χ0v) is 13.1. The maximum atomic E-state index is 5.42. The molecule has 0 amide bonds. The van der Waals surface area contributed by atoms with Gasteiger partial charge in [0.15, 0.2) is 0 Å². The summed E-state index contributed by atoms with van der Waals surface area (Å²) < 4.78 is 10.8. The van der Waals surface area contributed by atoms with Gasteiger partial charge in [-0.15, -0.1) is 0 Å². The highest BCUT2D eigenvalue weighted by Gasteiger charge is 2.04. The number of unbranched alkanes of at least 4 members (excludes halogenated alkanes) is 3. The van der Waals surface area contributed by atoms with Gasteiger partial charge in [-0.25, -0.2) is 0 Å². The molecule has 0 unspecified atom stereocenters. The minimum atomic E-state index is 0.807. The zero-order chi connectivity index (χ0) is 13.5. The van der Waals surface area contributed by atoms with E-state index in [4.69, 9.17) is 9.47 Å². The van der Waals surface area contributed by atoms with Crippen LogP contribution in [0.4, 0.5) is 0 Å². The molecule has 18 heavy (non-hydrogen) atoms. The van der Waals surface area contributed by atoms with E-state index in [9.17, 15) is 0 Å². The van der Waals surface area contributed by atoms with Gasteiger partial charge < -0.3 is 9.47 Å². The molecular formula is C14H31NO2S. The van der Waals surface area contributed by atoms with E-state index in [-0.39, 0.29) is 0 Å². The fourth-order valence-electron chi connectivity index (χ4n) is 1.81. The standard InChI is InChI=1S/C14H31NO2S/c1-3-16-12-10-15(11-13-17-4-2)9-7-5-6-8-14-18/h18H,3-14H2,1-2H3. The highest BCUT2D eigenvalue weighted by molar-refractivity contribution is 7.80. The number of hydrogen-bond donors (Lipinski definition) is 1. The van der Waals surface area contributed by atoms with Crippen molar-refractivity contribution in [1.29, 1.82) is 0 Å². The Labute approximate surface area is 119 Å². The highest BCUT2D eigenvalue weighted by atomic mass is 32.1. The van der Waals surface area contributed by atoms with E-state index < -0.39 is 0 Å². The van der Waals surface area contributed by atoms with Crippen molar-refractivity contribution in [2.45, 2.75) is 39.5 Å². The first kappa shape index (κ1) is 18.2. The van der Waals surface area contributed by atoms with Crippen LogP contribution >= 0.6 is 12.6 Å². The molecule has 0 bridgehead atoms. The highest BCUT2D eigenvalue weighted by Crippen LogP contribution is 2.03. The van der Waals surface area contributed by atoms with E-state index in [1.165, 1.54) is 25.7 Å². The molecule has 0 aliphatic heterocycles. The van der Waals surface area contributed by atoms with Crippen molar-refractivity contribution >= 4 is 12.6 Å². The van der Waals surface area contributed by atoms with Gasteiger partial charge in [0.05, 0.1) is 13.2 Å². The summed E-state index contributed by atoms with van der Waals surface area (Å²) in [5.74, 6) is 1.01. The van der Waals surface area contributed by atoms with Crippen molar-refractivity contribution in [1.82, 2.24) is 4.90 Å². The molecule has 0 spiro atoms. The second kappa shape index (κ2) is 15.3. The summed E-state index contributed by atoms with van der Waals surface area (Å²) in [5.41, 5.74) is 0.